The first-order valence-corrected chi connectivity index (χ1v) is 9.07. The van der Waals surface area contributed by atoms with Crippen LogP contribution < -0.4 is 10.4 Å². The van der Waals surface area contributed by atoms with E-state index in [0.29, 0.717) is 5.56 Å². The van der Waals surface area contributed by atoms with Crippen molar-refractivity contribution in [1.82, 2.24) is 9.97 Å². The van der Waals surface area contributed by atoms with Gasteiger partial charge in [-0.15, -0.1) is 10.2 Å². The summed E-state index contributed by atoms with van der Waals surface area (Å²) in [6, 6.07) is 14.6. The molecule has 0 aliphatic carbocycles. The molecule has 6 nitrogen and oxygen atoms in total. The molecule has 0 atom stereocenters. The number of benzene rings is 2. The molecular formula is C23H16N4O2. The smallest absolute Gasteiger partial charge is 0.196 e. The van der Waals surface area contributed by atoms with E-state index in [1.807, 2.05) is 48.6 Å². The summed E-state index contributed by atoms with van der Waals surface area (Å²) in [6.07, 6.45) is 9.25. The number of phenolic OH excluding ortho intramolecular Hbond substituents is 1. The van der Waals surface area contributed by atoms with Crippen molar-refractivity contribution in [3.05, 3.63) is 88.6 Å². The first kappa shape index (κ1) is 16.9. The van der Waals surface area contributed by atoms with Crippen LogP contribution in [0.15, 0.2) is 77.2 Å². The lowest BCUT2D eigenvalue weighted by Crippen LogP contribution is -2.08. The van der Waals surface area contributed by atoms with Crippen molar-refractivity contribution < 1.29 is 10.2 Å². The molecule has 6 heteroatoms. The van der Waals surface area contributed by atoms with Gasteiger partial charge in [0.25, 0.3) is 0 Å². The number of rotatable bonds is 3. The number of hydrogen-bond acceptors (Lipinski definition) is 5. The van der Waals surface area contributed by atoms with Gasteiger partial charge in [-0.25, -0.2) is 0 Å². The first-order valence-electron chi connectivity index (χ1n) is 9.07. The molecule has 0 radical (unpaired) electrons. The summed E-state index contributed by atoms with van der Waals surface area (Å²) in [4.78, 5) is 6.93. The van der Waals surface area contributed by atoms with Crippen LogP contribution in [-0.4, -0.2) is 20.2 Å². The standard InChI is InChI=1S/C23H16N4O2/c28-16-3-6-20-18(13-16)19(23(29)25-20)11-15-1-4-17-21(26-27-22(17)12-15)5-2-14-7-9-24-10-8-14/h1-13,25,28-29H/b5-2+,15-11+. The molecule has 0 amide bonds. The maximum Gasteiger partial charge on any atom is 0.196 e. The van der Waals surface area contributed by atoms with E-state index >= 15 is 0 Å². The minimum Gasteiger partial charge on any atom is -0.508 e. The highest BCUT2D eigenvalue weighted by Crippen LogP contribution is 2.30. The van der Waals surface area contributed by atoms with Gasteiger partial charge >= 0.3 is 0 Å². The Hall–Kier alpha value is -4.19. The Kier molecular flexibility index (Phi) is 3.95. The normalized spacial score (nSPS) is 13.7. The quantitative estimate of drug-likeness (QED) is 0.506. The molecule has 0 saturated carbocycles. The molecular weight excluding hydrogens is 364 g/mol. The number of nitrogens with zero attached hydrogens (tertiary/aromatic N) is 3. The number of pyridine rings is 1. The van der Waals surface area contributed by atoms with Gasteiger partial charge in [0.2, 0.25) is 0 Å². The second-order valence-corrected chi connectivity index (χ2v) is 6.74. The van der Waals surface area contributed by atoms with Gasteiger partial charge in [0, 0.05) is 34.1 Å². The Morgan fingerprint density at radius 2 is 1.72 bits per heavy atom. The number of azo groups is 1. The van der Waals surface area contributed by atoms with Crippen LogP contribution in [0.25, 0.3) is 28.8 Å². The third-order valence-electron chi connectivity index (χ3n) is 4.82. The van der Waals surface area contributed by atoms with E-state index in [9.17, 15) is 10.2 Å². The van der Waals surface area contributed by atoms with Crippen molar-refractivity contribution in [1.29, 1.82) is 0 Å². The lowest BCUT2D eigenvalue weighted by Gasteiger charge is -1.96. The molecule has 1 aliphatic heterocycles. The number of phenols is 1. The number of H-pyrrole nitrogens is 1. The van der Waals surface area contributed by atoms with Crippen molar-refractivity contribution in [2.24, 2.45) is 10.2 Å². The summed E-state index contributed by atoms with van der Waals surface area (Å²) in [5.74, 6) is 0.203. The van der Waals surface area contributed by atoms with Gasteiger partial charge in [-0.05, 0) is 65.4 Å². The van der Waals surface area contributed by atoms with Crippen LogP contribution in [0.3, 0.4) is 0 Å². The number of fused-ring (bicyclic) bond motifs is 2. The molecule has 3 N–H and O–H groups in total. The van der Waals surface area contributed by atoms with Crippen molar-refractivity contribution in [3.8, 4) is 11.6 Å². The fourth-order valence-corrected chi connectivity index (χ4v) is 3.37. The fraction of sp³-hybridized carbons (Fsp3) is 0. The molecule has 29 heavy (non-hydrogen) atoms. The zero-order valence-corrected chi connectivity index (χ0v) is 15.2. The third-order valence-corrected chi connectivity index (χ3v) is 4.82. The van der Waals surface area contributed by atoms with Gasteiger partial charge in [-0.3, -0.25) is 4.98 Å². The number of nitrogens with one attached hydrogen (secondary N) is 1. The molecule has 0 bridgehead atoms. The second-order valence-electron chi connectivity index (χ2n) is 6.74. The Bertz CT molecular complexity index is 1420. The predicted molar refractivity (Wildman–Crippen MR) is 112 cm³/mol. The van der Waals surface area contributed by atoms with Crippen molar-refractivity contribution >= 4 is 34.4 Å². The highest BCUT2D eigenvalue weighted by atomic mass is 16.3. The molecule has 2 aromatic heterocycles. The molecule has 5 rings (SSSR count). The van der Waals surface area contributed by atoms with E-state index in [1.165, 1.54) is 0 Å². The topological polar surface area (TPSA) is 93.9 Å². The van der Waals surface area contributed by atoms with Crippen LogP contribution in [0.5, 0.6) is 11.6 Å². The predicted octanol–water partition coefficient (Wildman–Crippen LogP) is 3.72. The van der Waals surface area contributed by atoms with Gasteiger partial charge in [-0.2, -0.15) is 0 Å². The van der Waals surface area contributed by atoms with Crippen LogP contribution in [0, 0.1) is 0 Å². The first-order chi connectivity index (χ1) is 14.2. The monoisotopic (exact) mass is 380 g/mol. The molecule has 2 aromatic carbocycles. The molecule has 0 spiro atoms. The summed E-state index contributed by atoms with van der Waals surface area (Å²) in [6.45, 7) is 0. The van der Waals surface area contributed by atoms with E-state index in [0.717, 1.165) is 38.3 Å². The number of aromatic nitrogens is 2. The Morgan fingerprint density at radius 1 is 0.862 bits per heavy atom. The van der Waals surface area contributed by atoms with Gasteiger partial charge in [0.1, 0.15) is 5.75 Å². The van der Waals surface area contributed by atoms with Gasteiger partial charge in [-0.1, -0.05) is 12.1 Å². The summed E-state index contributed by atoms with van der Waals surface area (Å²) >= 11 is 0. The number of hydrogen-bond donors (Lipinski definition) is 3. The van der Waals surface area contributed by atoms with Gasteiger partial charge in [0.15, 0.2) is 5.88 Å². The minimum absolute atomic E-state index is 0.0558. The van der Waals surface area contributed by atoms with Crippen molar-refractivity contribution in [3.63, 3.8) is 0 Å². The molecule has 1 aliphatic rings. The summed E-state index contributed by atoms with van der Waals surface area (Å²) < 4.78 is 0. The average Bonchev–Trinajstić information content (AvgIpc) is 3.28. The molecule has 3 heterocycles. The maximum atomic E-state index is 10.3. The van der Waals surface area contributed by atoms with E-state index in [4.69, 9.17) is 0 Å². The third kappa shape index (κ3) is 3.17. The van der Waals surface area contributed by atoms with E-state index in [2.05, 4.69) is 20.2 Å². The minimum atomic E-state index is 0.0558. The van der Waals surface area contributed by atoms with Crippen LogP contribution in [-0.2, 0) is 0 Å². The highest BCUT2D eigenvalue weighted by Gasteiger charge is 2.10. The summed E-state index contributed by atoms with van der Waals surface area (Å²) in [5, 5.41) is 31.2. The lowest BCUT2D eigenvalue weighted by molar-refractivity contribution is 0.457. The average molecular weight is 380 g/mol. The summed E-state index contributed by atoms with van der Waals surface area (Å²) in [5.41, 5.74) is 3.98. The van der Waals surface area contributed by atoms with Crippen LogP contribution in [0.2, 0.25) is 0 Å². The van der Waals surface area contributed by atoms with E-state index in [1.54, 1.807) is 30.6 Å². The maximum absolute atomic E-state index is 10.3. The SMILES string of the molecule is Oc1ccc2[nH]c(O)c(/C=c3\ccc4c(c3)N=NC=4/C=C/c3ccncc3)c2c1. The Morgan fingerprint density at radius 3 is 2.59 bits per heavy atom. The van der Waals surface area contributed by atoms with Crippen LogP contribution in [0.1, 0.15) is 11.1 Å². The number of aromatic amines is 1. The van der Waals surface area contributed by atoms with Crippen molar-refractivity contribution in [2.75, 3.05) is 0 Å². The van der Waals surface area contributed by atoms with Crippen molar-refractivity contribution in [2.45, 2.75) is 0 Å². The Balaban J connectivity index is 1.57. The summed E-state index contributed by atoms with van der Waals surface area (Å²) in [7, 11) is 0. The van der Waals surface area contributed by atoms with Crippen LogP contribution in [0.4, 0.5) is 5.69 Å². The lowest BCUT2D eigenvalue weighted by atomic mass is 10.1. The zero-order chi connectivity index (χ0) is 19.8. The van der Waals surface area contributed by atoms with E-state index in [-0.39, 0.29) is 11.6 Å². The fourth-order valence-electron chi connectivity index (χ4n) is 3.37. The molecule has 0 fully saturated rings. The van der Waals surface area contributed by atoms with Crippen LogP contribution >= 0.6 is 0 Å². The zero-order valence-electron chi connectivity index (χ0n) is 15.2. The van der Waals surface area contributed by atoms with Gasteiger partial charge in [0.05, 0.1) is 11.4 Å². The van der Waals surface area contributed by atoms with Gasteiger partial charge < -0.3 is 15.2 Å². The highest BCUT2D eigenvalue weighted by molar-refractivity contribution is 5.92. The second kappa shape index (κ2) is 6.76. The largest absolute Gasteiger partial charge is 0.508 e. The molecule has 4 aromatic rings. The Labute approximate surface area is 165 Å². The number of aromatic hydroxyl groups is 2. The molecule has 0 unspecified atom stereocenters. The molecule has 0 saturated heterocycles. The van der Waals surface area contributed by atoms with E-state index < -0.39 is 0 Å². The molecule has 140 valence electrons.